The predicted molar refractivity (Wildman–Crippen MR) is 74.4 cm³/mol. The molecule has 1 aromatic carbocycles. The fourth-order valence-corrected chi connectivity index (χ4v) is 2.01. The van der Waals surface area contributed by atoms with Gasteiger partial charge in [-0.25, -0.2) is 13.2 Å². The highest BCUT2D eigenvalue weighted by Crippen LogP contribution is 2.16. The van der Waals surface area contributed by atoms with E-state index in [0.717, 1.165) is 0 Å². The van der Waals surface area contributed by atoms with E-state index in [0.29, 0.717) is 5.56 Å². The molecule has 0 atom stereocenters. The molecule has 0 aliphatic carbocycles. The minimum atomic E-state index is -3.72. The van der Waals surface area contributed by atoms with E-state index in [4.69, 9.17) is 15.4 Å². The van der Waals surface area contributed by atoms with Gasteiger partial charge in [0.2, 0.25) is 0 Å². The maximum Gasteiger partial charge on any atom is 0.331 e. The van der Waals surface area contributed by atoms with Crippen molar-refractivity contribution in [1.29, 1.82) is 0 Å². The summed E-state index contributed by atoms with van der Waals surface area (Å²) in [5.74, 6) is -0.457. The summed E-state index contributed by atoms with van der Waals surface area (Å²) in [5.41, 5.74) is 0.132. The maximum absolute atomic E-state index is 11.4. The van der Waals surface area contributed by atoms with Gasteiger partial charge in [0, 0.05) is 16.8 Å². The first kappa shape index (κ1) is 15.7. The lowest BCUT2D eigenvalue weighted by Crippen LogP contribution is -2.22. The smallest absolute Gasteiger partial charge is 0.331 e. The molecular formula is C13H15ClO4S. The number of hydrogen-bond donors (Lipinski definition) is 0. The highest BCUT2D eigenvalue weighted by molar-refractivity contribution is 8.13. The van der Waals surface area contributed by atoms with E-state index in [1.54, 1.807) is 39.0 Å². The number of rotatable bonds is 3. The summed E-state index contributed by atoms with van der Waals surface area (Å²) in [4.78, 5) is 11.4. The Morgan fingerprint density at radius 3 is 2.16 bits per heavy atom. The van der Waals surface area contributed by atoms with Gasteiger partial charge in [-0.15, -0.1) is 0 Å². The number of ether oxygens (including phenoxy) is 1. The summed E-state index contributed by atoms with van der Waals surface area (Å²) >= 11 is 0. The van der Waals surface area contributed by atoms with Crippen LogP contribution in [0.5, 0.6) is 0 Å². The third-order valence-electron chi connectivity index (χ3n) is 1.98. The Balaban J connectivity index is 2.76. The number of carbonyl (C=O) groups is 1. The minimum Gasteiger partial charge on any atom is -0.457 e. The Hall–Kier alpha value is -1.33. The van der Waals surface area contributed by atoms with Crippen molar-refractivity contribution in [1.82, 2.24) is 0 Å². The van der Waals surface area contributed by atoms with Gasteiger partial charge in [-0.05, 0) is 44.5 Å². The molecule has 104 valence electrons. The van der Waals surface area contributed by atoms with Crippen LogP contribution in [0.15, 0.2) is 35.2 Å². The zero-order valence-corrected chi connectivity index (χ0v) is 12.5. The first-order valence-corrected chi connectivity index (χ1v) is 7.85. The van der Waals surface area contributed by atoms with Crippen LogP contribution in [0.2, 0.25) is 0 Å². The molecule has 0 fully saturated rings. The predicted octanol–water partition coefficient (Wildman–Crippen LogP) is 2.97. The molecule has 0 aliphatic heterocycles. The molecule has 0 saturated heterocycles. The molecule has 0 N–H and O–H groups in total. The third-order valence-corrected chi connectivity index (χ3v) is 3.35. The lowest BCUT2D eigenvalue weighted by atomic mass is 10.2. The van der Waals surface area contributed by atoms with Crippen molar-refractivity contribution in [2.24, 2.45) is 0 Å². The molecule has 0 radical (unpaired) electrons. The summed E-state index contributed by atoms with van der Waals surface area (Å²) < 4.78 is 27.2. The molecule has 0 bridgehead atoms. The Bertz CT molecular complexity index is 580. The van der Waals surface area contributed by atoms with Crippen LogP contribution in [0.3, 0.4) is 0 Å². The summed E-state index contributed by atoms with van der Waals surface area (Å²) in [5, 5.41) is 0. The molecule has 1 rings (SSSR count). The van der Waals surface area contributed by atoms with Crippen LogP contribution in [0, 0.1) is 0 Å². The zero-order valence-electron chi connectivity index (χ0n) is 10.9. The van der Waals surface area contributed by atoms with E-state index in [-0.39, 0.29) is 4.90 Å². The number of carbonyl (C=O) groups excluding carboxylic acids is 1. The fourth-order valence-electron chi connectivity index (χ4n) is 1.24. The van der Waals surface area contributed by atoms with E-state index in [1.807, 2.05) is 0 Å². The minimum absolute atomic E-state index is 0.0172. The summed E-state index contributed by atoms with van der Waals surface area (Å²) in [6.07, 6.45) is 2.83. The van der Waals surface area contributed by atoms with Crippen LogP contribution in [-0.2, 0) is 18.6 Å². The third kappa shape index (κ3) is 5.89. The molecule has 0 aromatic heterocycles. The second-order valence-corrected chi connectivity index (χ2v) is 7.44. The van der Waals surface area contributed by atoms with Crippen LogP contribution in [0.25, 0.3) is 6.08 Å². The standard InChI is InChI=1S/C13H15ClO4S/c1-13(2,3)18-12(15)9-6-10-4-7-11(8-5-10)19(14,16)17/h4-9H,1-3H3/b9-6+. The normalized spacial score (nSPS) is 12.6. The van der Waals surface area contributed by atoms with Crippen LogP contribution < -0.4 is 0 Å². The maximum atomic E-state index is 11.4. The van der Waals surface area contributed by atoms with E-state index in [1.165, 1.54) is 18.2 Å². The van der Waals surface area contributed by atoms with E-state index >= 15 is 0 Å². The average molecular weight is 303 g/mol. The van der Waals surface area contributed by atoms with Gasteiger partial charge in [0.05, 0.1) is 4.90 Å². The van der Waals surface area contributed by atoms with Crippen molar-refractivity contribution in [3.05, 3.63) is 35.9 Å². The van der Waals surface area contributed by atoms with E-state index < -0.39 is 20.6 Å². The van der Waals surface area contributed by atoms with Gasteiger partial charge in [0.15, 0.2) is 0 Å². The first-order chi connectivity index (χ1) is 8.58. The van der Waals surface area contributed by atoms with Crippen LogP contribution in [-0.4, -0.2) is 20.0 Å². The van der Waals surface area contributed by atoms with Gasteiger partial charge in [-0.3, -0.25) is 0 Å². The number of benzene rings is 1. The van der Waals surface area contributed by atoms with Crippen LogP contribution >= 0.6 is 10.7 Å². The zero-order chi connectivity index (χ0) is 14.7. The van der Waals surface area contributed by atoms with Gasteiger partial charge >= 0.3 is 5.97 Å². The second kappa shape index (κ2) is 5.75. The molecule has 0 aliphatic rings. The number of hydrogen-bond acceptors (Lipinski definition) is 4. The molecule has 4 nitrogen and oxygen atoms in total. The van der Waals surface area contributed by atoms with Crippen molar-refractivity contribution < 1.29 is 17.9 Å². The van der Waals surface area contributed by atoms with E-state index in [9.17, 15) is 13.2 Å². The number of esters is 1. The molecule has 0 spiro atoms. The summed E-state index contributed by atoms with van der Waals surface area (Å²) in [6.45, 7) is 5.33. The SMILES string of the molecule is CC(C)(C)OC(=O)/C=C/c1ccc(S(=O)(=O)Cl)cc1. The van der Waals surface area contributed by atoms with Gasteiger partial charge < -0.3 is 4.74 Å². The van der Waals surface area contributed by atoms with Crippen molar-refractivity contribution in [2.75, 3.05) is 0 Å². The largest absolute Gasteiger partial charge is 0.457 e. The Morgan fingerprint density at radius 1 is 1.21 bits per heavy atom. The van der Waals surface area contributed by atoms with Crippen LogP contribution in [0.1, 0.15) is 26.3 Å². The van der Waals surface area contributed by atoms with Gasteiger partial charge in [0.1, 0.15) is 5.60 Å². The Morgan fingerprint density at radius 2 is 1.74 bits per heavy atom. The fraction of sp³-hybridized carbons (Fsp3) is 0.308. The lowest BCUT2D eigenvalue weighted by Gasteiger charge is -2.17. The second-order valence-electron chi connectivity index (χ2n) is 4.87. The molecule has 6 heteroatoms. The van der Waals surface area contributed by atoms with Gasteiger partial charge in [-0.2, -0.15) is 0 Å². The van der Waals surface area contributed by atoms with E-state index in [2.05, 4.69) is 0 Å². The average Bonchev–Trinajstić information content (AvgIpc) is 2.23. The molecule has 0 unspecified atom stereocenters. The first-order valence-electron chi connectivity index (χ1n) is 5.54. The van der Waals surface area contributed by atoms with Gasteiger partial charge in [0.25, 0.3) is 9.05 Å². The molecule has 0 heterocycles. The molecule has 1 aromatic rings. The highest BCUT2D eigenvalue weighted by Gasteiger charge is 2.14. The Kier molecular flexibility index (Phi) is 4.76. The van der Waals surface area contributed by atoms with Crippen molar-refractivity contribution in [3.8, 4) is 0 Å². The highest BCUT2D eigenvalue weighted by atomic mass is 35.7. The number of halogens is 1. The summed E-state index contributed by atoms with van der Waals surface area (Å²) in [7, 11) is 1.47. The molecule has 19 heavy (non-hydrogen) atoms. The van der Waals surface area contributed by atoms with Crippen molar-refractivity contribution in [3.63, 3.8) is 0 Å². The van der Waals surface area contributed by atoms with Crippen LogP contribution in [0.4, 0.5) is 0 Å². The summed E-state index contributed by atoms with van der Waals surface area (Å²) in [6, 6.07) is 5.85. The van der Waals surface area contributed by atoms with Gasteiger partial charge in [-0.1, -0.05) is 12.1 Å². The van der Waals surface area contributed by atoms with Crippen molar-refractivity contribution in [2.45, 2.75) is 31.3 Å². The lowest BCUT2D eigenvalue weighted by molar-refractivity contribution is -0.148. The topological polar surface area (TPSA) is 60.4 Å². The monoisotopic (exact) mass is 302 g/mol. The molecule has 0 saturated carbocycles. The molecular weight excluding hydrogens is 288 g/mol. The Labute approximate surface area is 117 Å². The quantitative estimate of drug-likeness (QED) is 0.489. The molecule has 0 amide bonds. The van der Waals surface area contributed by atoms with Crippen molar-refractivity contribution >= 4 is 31.8 Å².